The summed E-state index contributed by atoms with van der Waals surface area (Å²) in [7, 11) is 0. The van der Waals surface area contributed by atoms with E-state index in [1.54, 1.807) is 18.4 Å². The van der Waals surface area contributed by atoms with Crippen molar-refractivity contribution in [2.75, 3.05) is 0 Å². The average molecular weight is 260 g/mol. The van der Waals surface area contributed by atoms with Gasteiger partial charge in [0.1, 0.15) is 11.5 Å². The number of aryl methyl sites for hydroxylation is 1. The topological polar surface area (TPSA) is 75.1 Å². The van der Waals surface area contributed by atoms with Gasteiger partial charge in [-0.2, -0.15) is 0 Å². The first-order valence-electron chi connectivity index (χ1n) is 6.18. The van der Waals surface area contributed by atoms with Crippen LogP contribution in [0.15, 0.2) is 45.8 Å². The molecular formula is C14H16N2O3. The predicted octanol–water partition coefficient (Wildman–Crippen LogP) is 1.72. The van der Waals surface area contributed by atoms with Crippen LogP contribution in [0.3, 0.4) is 0 Å². The number of aromatic nitrogens is 1. The van der Waals surface area contributed by atoms with Crippen LogP contribution in [0.5, 0.6) is 0 Å². The molecule has 5 heteroatoms. The van der Waals surface area contributed by atoms with Crippen molar-refractivity contribution in [3.05, 3.63) is 58.4 Å². The SMILES string of the molecule is CC(CCc1ccco1)NC(=O)c1cccc(=O)[nH]1. The molecule has 2 aromatic rings. The molecule has 0 aromatic carbocycles. The van der Waals surface area contributed by atoms with E-state index in [0.29, 0.717) is 0 Å². The van der Waals surface area contributed by atoms with Gasteiger partial charge in [-0.1, -0.05) is 6.07 Å². The van der Waals surface area contributed by atoms with Gasteiger partial charge in [0.25, 0.3) is 5.91 Å². The van der Waals surface area contributed by atoms with Crippen molar-refractivity contribution in [1.82, 2.24) is 10.3 Å². The molecular weight excluding hydrogens is 244 g/mol. The van der Waals surface area contributed by atoms with Gasteiger partial charge < -0.3 is 14.7 Å². The lowest BCUT2D eigenvalue weighted by molar-refractivity contribution is 0.0933. The Labute approximate surface area is 110 Å². The molecule has 0 aliphatic rings. The number of hydrogen-bond acceptors (Lipinski definition) is 3. The van der Waals surface area contributed by atoms with Crippen LogP contribution in [-0.2, 0) is 6.42 Å². The molecule has 0 saturated carbocycles. The summed E-state index contributed by atoms with van der Waals surface area (Å²) in [4.78, 5) is 25.5. The Morgan fingerprint density at radius 1 is 1.37 bits per heavy atom. The number of pyridine rings is 1. The smallest absolute Gasteiger partial charge is 0.268 e. The van der Waals surface area contributed by atoms with E-state index in [9.17, 15) is 9.59 Å². The maximum absolute atomic E-state index is 11.9. The van der Waals surface area contributed by atoms with Crippen LogP contribution in [0.25, 0.3) is 0 Å². The van der Waals surface area contributed by atoms with Crippen molar-refractivity contribution >= 4 is 5.91 Å². The molecule has 100 valence electrons. The van der Waals surface area contributed by atoms with E-state index in [2.05, 4.69) is 10.3 Å². The number of furan rings is 1. The Bertz CT molecular complexity index is 587. The van der Waals surface area contributed by atoms with Gasteiger partial charge in [-0.25, -0.2) is 0 Å². The fourth-order valence-electron chi connectivity index (χ4n) is 1.77. The van der Waals surface area contributed by atoms with Crippen LogP contribution in [0.4, 0.5) is 0 Å². The fourth-order valence-corrected chi connectivity index (χ4v) is 1.77. The highest BCUT2D eigenvalue weighted by molar-refractivity contribution is 5.92. The number of nitrogens with one attached hydrogen (secondary N) is 2. The molecule has 0 radical (unpaired) electrons. The molecule has 1 amide bonds. The Morgan fingerprint density at radius 3 is 2.89 bits per heavy atom. The summed E-state index contributed by atoms with van der Waals surface area (Å²) in [5.74, 6) is 0.624. The second-order valence-electron chi connectivity index (χ2n) is 4.42. The van der Waals surface area contributed by atoms with E-state index in [4.69, 9.17) is 4.42 Å². The van der Waals surface area contributed by atoms with Crippen LogP contribution in [0.2, 0.25) is 0 Å². The Balaban J connectivity index is 1.86. The molecule has 2 aromatic heterocycles. The van der Waals surface area contributed by atoms with Gasteiger partial charge in [-0.15, -0.1) is 0 Å². The first-order valence-corrected chi connectivity index (χ1v) is 6.18. The van der Waals surface area contributed by atoms with Crippen LogP contribution < -0.4 is 10.9 Å². The van der Waals surface area contributed by atoms with Gasteiger partial charge in [-0.3, -0.25) is 9.59 Å². The lowest BCUT2D eigenvalue weighted by Gasteiger charge is -2.12. The van der Waals surface area contributed by atoms with Crippen LogP contribution in [0.1, 0.15) is 29.6 Å². The minimum atomic E-state index is -0.282. The van der Waals surface area contributed by atoms with Crippen molar-refractivity contribution in [3.8, 4) is 0 Å². The number of hydrogen-bond donors (Lipinski definition) is 2. The average Bonchev–Trinajstić information content (AvgIpc) is 2.89. The molecule has 0 bridgehead atoms. The molecule has 1 unspecified atom stereocenters. The highest BCUT2D eigenvalue weighted by atomic mass is 16.3. The molecule has 0 fully saturated rings. The zero-order chi connectivity index (χ0) is 13.7. The van der Waals surface area contributed by atoms with Gasteiger partial charge in [0.05, 0.1) is 6.26 Å². The van der Waals surface area contributed by atoms with Crippen molar-refractivity contribution in [1.29, 1.82) is 0 Å². The number of rotatable bonds is 5. The molecule has 5 nitrogen and oxygen atoms in total. The number of carbonyl (C=O) groups is 1. The summed E-state index contributed by atoms with van der Waals surface area (Å²) in [6, 6.07) is 8.26. The van der Waals surface area contributed by atoms with E-state index < -0.39 is 0 Å². The standard InChI is InChI=1S/C14H16N2O3/c1-10(7-8-11-4-3-9-19-11)15-14(18)12-5-2-6-13(17)16-12/h2-6,9-10H,7-8H2,1H3,(H,15,18)(H,16,17). The normalized spacial score (nSPS) is 12.1. The Morgan fingerprint density at radius 2 is 2.21 bits per heavy atom. The molecule has 0 saturated heterocycles. The molecule has 0 aliphatic heterocycles. The van der Waals surface area contributed by atoms with E-state index in [0.717, 1.165) is 18.6 Å². The van der Waals surface area contributed by atoms with Gasteiger partial charge in [-0.05, 0) is 31.5 Å². The second kappa shape index (κ2) is 6.04. The summed E-state index contributed by atoms with van der Waals surface area (Å²) in [6.07, 6.45) is 3.17. The first kappa shape index (κ1) is 13.1. The van der Waals surface area contributed by atoms with Crippen molar-refractivity contribution in [2.45, 2.75) is 25.8 Å². The predicted molar refractivity (Wildman–Crippen MR) is 71.0 cm³/mol. The van der Waals surface area contributed by atoms with Gasteiger partial charge in [0, 0.05) is 18.5 Å². The summed E-state index contributed by atoms with van der Waals surface area (Å²) < 4.78 is 5.23. The van der Waals surface area contributed by atoms with Crippen LogP contribution in [-0.4, -0.2) is 16.9 Å². The summed E-state index contributed by atoms with van der Waals surface area (Å²) in [6.45, 7) is 1.92. The van der Waals surface area contributed by atoms with E-state index in [1.165, 1.54) is 6.07 Å². The molecule has 2 N–H and O–H groups in total. The van der Waals surface area contributed by atoms with Crippen molar-refractivity contribution in [2.24, 2.45) is 0 Å². The van der Waals surface area contributed by atoms with Crippen LogP contribution in [0, 0.1) is 0 Å². The lowest BCUT2D eigenvalue weighted by Crippen LogP contribution is -2.34. The minimum Gasteiger partial charge on any atom is -0.469 e. The van der Waals surface area contributed by atoms with Gasteiger partial charge >= 0.3 is 0 Å². The molecule has 0 aliphatic carbocycles. The number of aromatic amines is 1. The van der Waals surface area contributed by atoms with E-state index >= 15 is 0 Å². The maximum atomic E-state index is 11.9. The molecule has 2 rings (SSSR count). The minimum absolute atomic E-state index is 0.00121. The first-order chi connectivity index (χ1) is 9.15. The number of H-pyrrole nitrogens is 1. The lowest BCUT2D eigenvalue weighted by atomic mass is 10.1. The molecule has 0 spiro atoms. The highest BCUT2D eigenvalue weighted by Crippen LogP contribution is 2.06. The number of carbonyl (C=O) groups excluding carboxylic acids is 1. The third kappa shape index (κ3) is 3.84. The van der Waals surface area contributed by atoms with Crippen molar-refractivity contribution < 1.29 is 9.21 Å². The third-order valence-corrected chi connectivity index (χ3v) is 2.79. The number of amides is 1. The fraction of sp³-hybridized carbons (Fsp3) is 0.286. The monoisotopic (exact) mass is 260 g/mol. The zero-order valence-corrected chi connectivity index (χ0v) is 10.7. The van der Waals surface area contributed by atoms with Gasteiger partial charge in [0.15, 0.2) is 0 Å². The van der Waals surface area contributed by atoms with E-state index in [-0.39, 0.29) is 23.2 Å². The highest BCUT2D eigenvalue weighted by Gasteiger charge is 2.10. The summed E-state index contributed by atoms with van der Waals surface area (Å²) in [5, 5.41) is 2.84. The van der Waals surface area contributed by atoms with Crippen molar-refractivity contribution in [3.63, 3.8) is 0 Å². The maximum Gasteiger partial charge on any atom is 0.268 e. The third-order valence-electron chi connectivity index (χ3n) is 2.79. The summed E-state index contributed by atoms with van der Waals surface area (Å²) >= 11 is 0. The molecule has 19 heavy (non-hydrogen) atoms. The summed E-state index contributed by atoms with van der Waals surface area (Å²) in [5.41, 5.74) is -0.00626. The van der Waals surface area contributed by atoms with E-state index in [1.807, 2.05) is 19.1 Å². The molecule has 2 heterocycles. The largest absolute Gasteiger partial charge is 0.469 e. The van der Waals surface area contributed by atoms with Crippen LogP contribution >= 0.6 is 0 Å². The zero-order valence-electron chi connectivity index (χ0n) is 10.7. The van der Waals surface area contributed by atoms with Gasteiger partial charge in [0.2, 0.25) is 5.56 Å². The quantitative estimate of drug-likeness (QED) is 0.859. The molecule has 1 atom stereocenters. The Kier molecular flexibility index (Phi) is 4.18. The Hall–Kier alpha value is -2.30. The second-order valence-corrected chi connectivity index (χ2v) is 4.42.